The van der Waals surface area contributed by atoms with Gasteiger partial charge in [-0.25, -0.2) is 0 Å². The van der Waals surface area contributed by atoms with Crippen LogP contribution in [0.15, 0.2) is 18.5 Å². The van der Waals surface area contributed by atoms with Gasteiger partial charge < -0.3 is 15.8 Å². The van der Waals surface area contributed by atoms with E-state index in [4.69, 9.17) is 10.5 Å². The van der Waals surface area contributed by atoms with Gasteiger partial charge in [-0.3, -0.25) is 4.98 Å². The first-order chi connectivity index (χ1) is 7.86. The molecule has 0 radical (unpaired) electrons. The van der Waals surface area contributed by atoms with Crippen molar-refractivity contribution in [2.45, 2.75) is 19.3 Å². The van der Waals surface area contributed by atoms with Crippen molar-refractivity contribution in [1.82, 2.24) is 4.98 Å². The van der Waals surface area contributed by atoms with Crippen molar-refractivity contribution in [3.63, 3.8) is 0 Å². The molecule has 3 N–H and O–H groups in total. The molecule has 0 unspecified atom stereocenters. The molecule has 1 aliphatic carbocycles. The maximum Gasteiger partial charge on any atom is 0.0736 e. The summed E-state index contributed by atoms with van der Waals surface area (Å²) in [5.41, 5.74) is 7.40. The van der Waals surface area contributed by atoms with Crippen LogP contribution in [0.4, 0.5) is 11.4 Å². The lowest BCUT2D eigenvalue weighted by Gasteiger charge is -2.08. The highest BCUT2D eigenvalue weighted by Crippen LogP contribution is 2.28. The summed E-state index contributed by atoms with van der Waals surface area (Å²) in [7, 11) is 0. The van der Waals surface area contributed by atoms with E-state index in [1.165, 1.54) is 12.8 Å². The summed E-state index contributed by atoms with van der Waals surface area (Å²) in [6, 6.07) is 1.89. The maximum absolute atomic E-state index is 5.75. The van der Waals surface area contributed by atoms with Crippen LogP contribution in [0.25, 0.3) is 0 Å². The Kier molecular flexibility index (Phi) is 3.99. The number of pyridine rings is 1. The highest BCUT2D eigenvalue weighted by atomic mass is 16.5. The Hall–Kier alpha value is -1.29. The summed E-state index contributed by atoms with van der Waals surface area (Å²) < 4.78 is 5.54. The number of ether oxygens (including phenoxy) is 1. The van der Waals surface area contributed by atoms with E-state index >= 15 is 0 Å². The fraction of sp³-hybridized carbons (Fsp3) is 0.583. The number of rotatable bonds is 7. The lowest BCUT2D eigenvalue weighted by Crippen LogP contribution is -2.08. The zero-order valence-electron chi connectivity index (χ0n) is 9.48. The summed E-state index contributed by atoms with van der Waals surface area (Å²) in [6.45, 7) is 2.66. The standard InChI is InChI=1S/C12H19N3O/c13-11-8-14-6-4-12(11)15-5-1-7-16-9-10-2-3-10/h4,6,8,10H,1-3,5,7,9,13H2,(H,14,15). The minimum Gasteiger partial charge on any atom is -0.396 e. The summed E-state index contributed by atoms with van der Waals surface area (Å²) in [4.78, 5) is 3.94. The Labute approximate surface area is 96.2 Å². The van der Waals surface area contributed by atoms with Gasteiger partial charge >= 0.3 is 0 Å². The first-order valence-corrected chi connectivity index (χ1v) is 5.87. The van der Waals surface area contributed by atoms with Crippen LogP contribution < -0.4 is 11.1 Å². The Balaban J connectivity index is 1.55. The number of hydrogen-bond acceptors (Lipinski definition) is 4. The molecule has 1 aliphatic rings. The van der Waals surface area contributed by atoms with Gasteiger partial charge in [-0.1, -0.05) is 0 Å². The number of aromatic nitrogens is 1. The van der Waals surface area contributed by atoms with Gasteiger partial charge in [-0.2, -0.15) is 0 Å². The largest absolute Gasteiger partial charge is 0.396 e. The highest BCUT2D eigenvalue weighted by Gasteiger charge is 2.20. The van der Waals surface area contributed by atoms with E-state index in [2.05, 4.69) is 10.3 Å². The molecule has 0 amide bonds. The summed E-state index contributed by atoms with van der Waals surface area (Å²) in [5.74, 6) is 0.851. The topological polar surface area (TPSA) is 60.2 Å². The quantitative estimate of drug-likeness (QED) is 0.690. The van der Waals surface area contributed by atoms with Crippen molar-refractivity contribution in [1.29, 1.82) is 0 Å². The van der Waals surface area contributed by atoms with Gasteiger partial charge in [0.25, 0.3) is 0 Å². The van der Waals surface area contributed by atoms with E-state index in [1.54, 1.807) is 12.4 Å². The summed E-state index contributed by atoms with van der Waals surface area (Å²) >= 11 is 0. The molecule has 1 aromatic heterocycles. The van der Waals surface area contributed by atoms with Crippen LogP contribution in [-0.4, -0.2) is 24.7 Å². The molecule has 1 heterocycles. The molecule has 1 fully saturated rings. The zero-order valence-corrected chi connectivity index (χ0v) is 9.48. The van der Waals surface area contributed by atoms with Crippen LogP contribution in [-0.2, 0) is 4.74 Å². The zero-order chi connectivity index (χ0) is 11.2. The molecule has 88 valence electrons. The third-order valence-corrected chi connectivity index (χ3v) is 2.68. The number of anilines is 2. The van der Waals surface area contributed by atoms with Crippen molar-refractivity contribution in [3.8, 4) is 0 Å². The first-order valence-electron chi connectivity index (χ1n) is 5.87. The van der Waals surface area contributed by atoms with Gasteiger partial charge in [0.15, 0.2) is 0 Å². The van der Waals surface area contributed by atoms with Crippen molar-refractivity contribution < 1.29 is 4.74 Å². The Morgan fingerprint density at radius 2 is 2.38 bits per heavy atom. The van der Waals surface area contributed by atoms with Gasteiger partial charge in [0.1, 0.15) is 0 Å². The third-order valence-electron chi connectivity index (χ3n) is 2.68. The van der Waals surface area contributed by atoms with E-state index in [0.29, 0.717) is 5.69 Å². The van der Waals surface area contributed by atoms with Gasteiger partial charge in [0.2, 0.25) is 0 Å². The lowest BCUT2D eigenvalue weighted by atomic mass is 10.3. The molecule has 16 heavy (non-hydrogen) atoms. The monoisotopic (exact) mass is 221 g/mol. The van der Waals surface area contributed by atoms with Crippen molar-refractivity contribution in [3.05, 3.63) is 18.5 Å². The van der Waals surface area contributed by atoms with Gasteiger partial charge in [0, 0.05) is 26.0 Å². The van der Waals surface area contributed by atoms with Crippen LogP contribution in [0.3, 0.4) is 0 Å². The molecule has 2 rings (SSSR count). The van der Waals surface area contributed by atoms with E-state index < -0.39 is 0 Å². The lowest BCUT2D eigenvalue weighted by molar-refractivity contribution is 0.124. The van der Waals surface area contributed by atoms with Crippen molar-refractivity contribution in [2.75, 3.05) is 30.8 Å². The number of nitrogen functional groups attached to an aromatic ring is 1. The fourth-order valence-electron chi connectivity index (χ4n) is 1.50. The Morgan fingerprint density at radius 3 is 3.12 bits per heavy atom. The average molecular weight is 221 g/mol. The van der Waals surface area contributed by atoms with Gasteiger partial charge in [-0.15, -0.1) is 0 Å². The van der Waals surface area contributed by atoms with E-state index in [-0.39, 0.29) is 0 Å². The molecule has 0 aliphatic heterocycles. The number of nitrogens with two attached hydrogens (primary N) is 1. The van der Waals surface area contributed by atoms with E-state index in [1.807, 2.05) is 6.07 Å². The maximum atomic E-state index is 5.75. The van der Waals surface area contributed by atoms with Crippen LogP contribution >= 0.6 is 0 Å². The molecule has 1 aromatic rings. The molecule has 4 heteroatoms. The third kappa shape index (κ3) is 3.70. The molecule has 0 bridgehead atoms. The smallest absolute Gasteiger partial charge is 0.0736 e. The van der Waals surface area contributed by atoms with E-state index in [9.17, 15) is 0 Å². The minimum atomic E-state index is 0.696. The summed E-state index contributed by atoms with van der Waals surface area (Å²) in [5, 5.41) is 3.27. The Morgan fingerprint density at radius 1 is 1.50 bits per heavy atom. The number of nitrogens with one attached hydrogen (secondary N) is 1. The van der Waals surface area contributed by atoms with Gasteiger partial charge in [0.05, 0.1) is 17.6 Å². The second kappa shape index (κ2) is 5.70. The predicted octanol–water partition coefficient (Wildman–Crippen LogP) is 1.89. The molecule has 1 saturated carbocycles. The molecule has 0 atom stereocenters. The molecule has 4 nitrogen and oxygen atoms in total. The second-order valence-electron chi connectivity index (χ2n) is 4.26. The average Bonchev–Trinajstić information content (AvgIpc) is 3.09. The molecular formula is C12H19N3O. The molecular weight excluding hydrogens is 202 g/mol. The van der Waals surface area contributed by atoms with Crippen LogP contribution in [0.1, 0.15) is 19.3 Å². The SMILES string of the molecule is Nc1cnccc1NCCCOCC1CC1. The molecule has 0 saturated heterocycles. The second-order valence-corrected chi connectivity index (χ2v) is 4.26. The van der Waals surface area contributed by atoms with Crippen LogP contribution in [0.5, 0.6) is 0 Å². The van der Waals surface area contributed by atoms with Crippen molar-refractivity contribution in [2.24, 2.45) is 5.92 Å². The predicted molar refractivity (Wildman–Crippen MR) is 65.3 cm³/mol. The Bertz CT molecular complexity index is 326. The highest BCUT2D eigenvalue weighted by molar-refractivity contribution is 5.63. The molecule has 0 spiro atoms. The van der Waals surface area contributed by atoms with Crippen LogP contribution in [0.2, 0.25) is 0 Å². The fourth-order valence-corrected chi connectivity index (χ4v) is 1.50. The van der Waals surface area contributed by atoms with E-state index in [0.717, 1.165) is 37.8 Å². The number of nitrogens with zero attached hydrogens (tertiary/aromatic N) is 1. The van der Waals surface area contributed by atoms with Crippen molar-refractivity contribution >= 4 is 11.4 Å². The summed E-state index contributed by atoms with van der Waals surface area (Å²) in [6.07, 6.45) is 7.11. The van der Waals surface area contributed by atoms with Gasteiger partial charge in [-0.05, 0) is 31.2 Å². The number of hydrogen-bond donors (Lipinski definition) is 2. The minimum absolute atomic E-state index is 0.696. The molecule has 0 aromatic carbocycles. The normalized spacial score (nSPS) is 15.0. The first kappa shape index (κ1) is 11.2. The van der Waals surface area contributed by atoms with Crippen LogP contribution in [0, 0.1) is 5.92 Å².